The average molecular weight is 460 g/mol. The standard InChI is InChI=1S/C20H30N2O3.C2HF3O2/c1-15(2)21-20(23)18-12-17-8-9-22(13-19(17)25-18)10-11-24-14-16-6-4-3-5-7-16;3-2(4,5)1(6)7/h3-7,15,17-19H,8-14H2,1-2H3,(H,21,23);(H,6,7)/t17-,18+,19-;/m0./s1. The van der Waals surface area contributed by atoms with Crippen LogP contribution in [-0.2, 0) is 25.7 Å². The third kappa shape index (κ3) is 8.76. The number of rotatable bonds is 7. The quantitative estimate of drug-likeness (QED) is 0.609. The number of hydrogen-bond donors (Lipinski definition) is 2. The molecule has 10 heteroatoms. The summed E-state index contributed by atoms with van der Waals surface area (Å²) >= 11 is 0. The van der Waals surface area contributed by atoms with E-state index in [-0.39, 0.29) is 24.2 Å². The molecule has 0 saturated carbocycles. The van der Waals surface area contributed by atoms with Gasteiger partial charge < -0.3 is 19.9 Å². The summed E-state index contributed by atoms with van der Waals surface area (Å²) in [7, 11) is 0. The van der Waals surface area contributed by atoms with Gasteiger partial charge in [-0.2, -0.15) is 13.2 Å². The molecule has 0 radical (unpaired) electrons. The number of benzene rings is 1. The third-order valence-corrected chi connectivity index (χ3v) is 5.27. The minimum atomic E-state index is -5.08. The molecular formula is C22H31F3N2O5. The highest BCUT2D eigenvalue weighted by atomic mass is 19.4. The fourth-order valence-corrected chi connectivity index (χ4v) is 3.70. The van der Waals surface area contributed by atoms with Crippen LogP contribution >= 0.6 is 0 Å². The van der Waals surface area contributed by atoms with E-state index in [2.05, 4.69) is 22.3 Å². The number of amides is 1. The van der Waals surface area contributed by atoms with Gasteiger partial charge in [0.05, 0.1) is 19.3 Å². The first-order valence-electron chi connectivity index (χ1n) is 10.7. The molecule has 3 rings (SSSR count). The van der Waals surface area contributed by atoms with Crippen LogP contribution in [0.5, 0.6) is 0 Å². The number of aliphatic carboxylic acids is 1. The predicted octanol–water partition coefficient (Wildman–Crippen LogP) is 2.84. The Labute approximate surface area is 185 Å². The van der Waals surface area contributed by atoms with Gasteiger partial charge >= 0.3 is 12.1 Å². The molecule has 1 aromatic rings. The number of hydrogen-bond acceptors (Lipinski definition) is 5. The lowest BCUT2D eigenvalue weighted by Gasteiger charge is -2.33. The minimum Gasteiger partial charge on any atom is -0.475 e. The zero-order valence-corrected chi connectivity index (χ0v) is 18.3. The first kappa shape index (κ1) is 26.1. The van der Waals surface area contributed by atoms with E-state index in [1.54, 1.807) is 0 Å². The molecule has 0 spiro atoms. The van der Waals surface area contributed by atoms with Crippen molar-refractivity contribution in [3.63, 3.8) is 0 Å². The minimum absolute atomic E-state index is 0.0437. The average Bonchev–Trinajstić information content (AvgIpc) is 3.15. The second-order valence-corrected chi connectivity index (χ2v) is 8.25. The molecule has 0 aromatic heterocycles. The maximum Gasteiger partial charge on any atom is 0.490 e. The van der Waals surface area contributed by atoms with Gasteiger partial charge in [0.25, 0.3) is 0 Å². The highest BCUT2D eigenvalue weighted by molar-refractivity contribution is 5.81. The van der Waals surface area contributed by atoms with Crippen LogP contribution in [0.3, 0.4) is 0 Å². The number of nitrogens with zero attached hydrogens (tertiary/aromatic N) is 1. The number of ether oxygens (including phenoxy) is 2. The summed E-state index contributed by atoms with van der Waals surface area (Å²) in [6, 6.07) is 10.4. The van der Waals surface area contributed by atoms with Gasteiger partial charge in [0.15, 0.2) is 0 Å². The maximum absolute atomic E-state index is 12.2. The van der Waals surface area contributed by atoms with Crippen LogP contribution in [0.4, 0.5) is 13.2 Å². The SMILES string of the molecule is CC(C)NC(=O)[C@H]1C[C@@H]2CCN(CCOCc3ccccc3)C[C@@H]2O1.O=C(O)C(F)(F)F. The maximum atomic E-state index is 12.2. The van der Waals surface area contributed by atoms with Crippen LogP contribution in [0.2, 0.25) is 0 Å². The van der Waals surface area contributed by atoms with Crippen molar-refractivity contribution in [1.29, 1.82) is 0 Å². The van der Waals surface area contributed by atoms with Crippen molar-refractivity contribution in [1.82, 2.24) is 10.2 Å². The van der Waals surface area contributed by atoms with Crippen molar-refractivity contribution in [2.24, 2.45) is 5.92 Å². The molecule has 7 nitrogen and oxygen atoms in total. The second kappa shape index (κ2) is 12.2. The zero-order valence-electron chi connectivity index (χ0n) is 18.3. The van der Waals surface area contributed by atoms with E-state index in [9.17, 15) is 18.0 Å². The van der Waals surface area contributed by atoms with Crippen molar-refractivity contribution in [2.45, 2.75) is 57.7 Å². The lowest BCUT2D eigenvalue weighted by molar-refractivity contribution is -0.192. The number of halogens is 3. The number of carbonyl (C=O) groups excluding carboxylic acids is 1. The van der Waals surface area contributed by atoms with Gasteiger partial charge in [-0.1, -0.05) is 30.3 Å². The lowest BCUT2D eigenvalue weighted by Crippen LogP contribution is -2.44. The van der Waals surface area contributed by atoms with Crippen LogP contribution < -0.4 is 5.32 Å². The summed E-state index contributed by atoms with van der Waals surface area (Å²) in [5, 5.41) is 10.1. The van der Waals surface area contributed by atoms with Gasteiger partial charge in [0, 0.05) is 19.1 Å². The van der Waals surface area contributed by atoms with E-state index in [1.807, 2.05) is 32.0 Å². The van der Waals surface area contributed by atoms with Crippen molar-refractivity contribution in [3.8, 4) is 0 Å². The highest BCUT2D eigenvalue weighted by Gasteiger charge is 2.41. The predicted molar refractivity (Wildman–Crippen MR) is 111 cm³/mol. The number of likely N-dealkylation sites (tertiary alicyclic amines) is 1. The number of fused-ring (bicyclic) bond motifs is 1. The number of piperidine rings is 1. The van der Waals surface area contributed by atoms with Crippen molar-refractivity contribution in [3.05, 3.63) is 35.9 Å². The fraction of sp³-hybridized carbons (Fsp3) is 0.636. The van der Waals surface area contributed by atoms with E-state index < -0.39 is 12.1 Å². The van der Waals surface area contributed by atoms with Crippen molar-refractivity contribution in [2.75, 3.05) is 26.2 Å². The van der Waals surface area contributed by atoms with Crippen molar-refractivity contribution >= 4 is 11.9 Å². The first-order chi connectivity index (χ1) is 15.1. The molecular weight excluding hydrogens is 429 g/mol. The Bertz CT molecular complexity index is 730. The molecule has 1 amide bonds. The van der Waals surface area contributed by atoms with Gasteiger partial charge in [-0.15, -0.1) is 0 Å². The largest absolute Gasteiger partial charge is 0.490 e. The zero-order chi connectivity index (χ0) is 23.7. The van der Waals surface area contributed by atoms with Gasteiger partial charge in [-0.25, -0.2) is 4.79 Å². The summed E-state index contributed by atoms with van der Waals surface area (Å²) in [5.74, 6) is -2.20. The smallest absolute Gasteiger partial charge is 0.475 e. The van der Waals surface area contributed by atoms with E-state index >= 15 is 0 Å². The van der Waals surface area contributed by atoms with Crippen LogP contribution in [0.1, 0.15) is 32.3 Å². The molecule has 32 heavy (non-hydrogen) atoms. The van der Waals surface area contributed by atoms with Crippen LogP contribution in [0.15, 0.2) is 30.3 Å². The molecule has 2 N–H and O–H groups in total. The van der Waals surface area contributed by atoms with Crippen LogP contribution in [-0.4, -0.2) is 72.6 Å². The Kier molecular flexibility index (Phi) is 9.92. The molecule has 2 aliphatic heterocycles. The Morgan fingerprint density at radius 3 is 2.53 bits per heavy atom. The monoisotopic (exact) mass is 460 g/mol. The van der Waals surface area contributed by atoms with E-state index in [4.69, 9.17) is 19.4 Å². The molecule has 180 valence electrons. The van der Waals surface area contributed by atoms with Gasteiger partial charge in [0.1, 0.15) is 6.10 Å². The Morgan fingerprint density at radius 2 is 1.94 bits per heavy atom. The number of carboxylic acid groups (broad SMARTS) is 1. The Hall–Kier alpha value is -2.17. The first-order valence-corrected chi connectivity index (χ1v) is 10.7. The summed E-state index contributed by atoms with van der Waals surface area (Å²) < 4.78 is 43.6. The summed E-state index contributed by atoms with van der Waals surface area (Å²) in [4.78, 5) is 23.5. The summed E-state index contributed by atoms with van der Waals surface area (Å²) in [5.41, 5.74) is 1.21. The van der Waals surface area contributed by atoms with Crippen molar-refractivity contribution < 1.29 is 37.3 Å². The van der Waals surface area contributed by atoms with E-state index in [0.29, 0.717) is 12.5 Å². The number of carboxylic acids is 1. The fourth-order valence-electron chi connectivity index (χ4n) is 3.70. The Balaban J connectivity index is 0.000000451. The molecule has 2 fully saturated rings. The molecule has 2 aliphatic rings. The number of carbonyl (C=O) groups is 2. The summed E-state index contributed by atoms with van der Waals surface area (Å²) in [6.45, 7) is 8.25. The third-order valence-electron chi connectivity index (χ3n) is 5.27. The van der Waals surface area contributed by atoms with Gasteiger partial charge in [-0.05, 0) is 44.7 Å². The molecule has 0 bridgehead atoms. The molecule has 0 unspecified atom stereocenters. The topological polar surface area (TPSA) is 88.1 Å². The van der Waals surface area contributed by atoms with E-state index in [1.165, 1.54) is 5.56 Å². The number of alkyl halides is 3. The van der Waals surface area contributed by atoms with Crippen LogP contribution in [0, 0.1) is 5.92 Å². The molecule has 0 aliphatic carbocycles. The summed E-state index contributed by atoms with van der Waals surface area (Å²) in [6.07, 6.45) is -3.20. The molecule has 2 saturated heterocycles. The van der Waals surface area contributed by atoms with Gasteiger partial charge in [0.2, 0.25) is 5.91 Å². The lowest BCUT2D eigenvalue weighted by atomic mass is 9.91. The second-order valence-electron chi connectivity index (χ2n) is 8.25. The number of nitrogens with one attached hydrogen (secondary N) is 1. The Morgan fingerprint density at radius 1 is 1.28 bits per heavy atom. The molecule has 1 aromatic carbocycles. The van der Waals surface area contributed by atoms with Crippen LogP contribution in [0.25, 0.3) is 0 Å². The molecule has 2 heterocycles. The van der Waals surface area contributed by atoms with E-state index in [0.717, 1.165) is 39.1 Å². The normalized spacial score (nSPS) is 23.2. The highest BCUT2D eigenvalue weighted by Crippen LogP contribution is 2.33. The molecule has 3 atom stereocenters. The van der Waals surface area contributed by atoms with Gasteiger partial charge in [-0.3, -0.25) is 9.69 Å².